The molecule has 0 bridgehead atoms. The highest BCUT2D eigenvalue weighted by atomic mass is 16.2. The average Bonchev–Trinajstić information content (AvgIpc) is 2.40. The highest BCUT2D eigenvalue weighted by molar-refractivity contribution is 5.95. The summed E-state index contributed by atoms with van der Waals surface area (Å²) >= 11 is 0. The normalized spacial score (nSPS) is 24.3. The number of benzene rings is 1. The van der Waals surface area contributed by atoms with Crippen molar-refractivity contribution in [3.8, 4) is 0 Å². The Labute approximate surface area is 103 Å². The van der Waals surface area contributed by atoms with Gasteiger partial charge < -0.3 is 10.6 Å². The number of carbonyl (C=O) groups is 1. The van der Waals surface area contributed by atoms with Gasteiger partial charge in [0.1, 0.15) is 0 Å². The Bertz CT molecular complexity index is 369. The van der Waals surface area contributed by atoms with Gasteiger partial charge in [0.25, 0.3) is 0 Å². The molecule has 1 saturated heterocycles. The van der Waals surface area contributed by atoms with Gasteiger partial charge in [-0.2, -0.15) is 0 Å². The number of hydrogen-bond donors (Lipinski definition) is 2. The smallest absolute Gasteiger partial charge is 0.231 e. The Morgan fingerprint density at radius 1 is 1.41 bits per heavy atom. The zero-order valence-electron chi connectivity index (χ0n) is 10.3. The number of amides is 1. The van der Waals surface area contributed by atoms with Gasteiger partial charge in [-0.25, -0.2) is 0 Å². The summed E-state index contributed by atoms with van der Waals surface area (Å²) in [5, 5.41) is 6.36. The first-order valence-corrected chi connectivity index (χ1v) is 6.34. The van der Waals surface area contributed by atoms with Crippen molar-refractivity contribution in [3.05, 3.63) is 30.3 Å². The summed E-state index contributed by atoms with van der Waals surface area (Å²) in [5.74, 6) is 0.151. The van der Waals surface area contributed by atoms with Crippen LogP contribution in [-0.2, 0) is 4.79 Å². The maximum Gasteiger partial charge on any atom is 0.231 e. The molecule has 1 amide bonds. The van der Waals surface area contributed by atoms with E-state index < -0.39 is 0 Å². The van der Waals surface area contributed by atoms with Crippen LogP contribution in [0.4, 0.5) is 5.69 Å². The molecule has 1 aliphatic rings. The maximum atomic E-state index is 12.4. The largest absolute Gasteiger partial charge is 0.326 e. The summed E-state index contributed by atoms with van der Waals surface area (Å²) in [6.07, 6.45) is 2.95. The molecular weight excluding hydrogens is 212 g/mol. The number of para-hydroxylation sites is 1. The van der Waals surface area contributed by atoms with Crippen LogP contribution in [0, 0.1) is 5.41 Å². The minimum Gasteiger partial charge on any atom is -0.326 e. The van der Waals surface area contributed by atoms with Crippen molar-refractivity contribution in [2.45, 2.75) is 26.2 Å². The lowest BCUT2D eigenvalue weighted by Gasteiger charge is -2.35. The second-order valence-electron chi connectivity index (χ2n) is 4.73. The molecule has 0 spiro atoms. The number of piperidine rings is 1. The highest BCUT2D eigenvalue weighted by Gasteiger charge is 2.37. The number of hydrogen-bond acceptors (Lipinski definition) is 2. The third-order valence-electron chi connectivity index (χ3n) is 3.66. The van der Waals surface area contributed by atoms with Crippen LogP contribution in [0.3, 0.4) is 0 Å². The van der Waals surface area contributed by atoms with Crippen LogP contribution >= 0.6 is 0 Å². The molecule has 1 unspecified atom stereocenters. The average molecular weight is 232 g/mol. The second kappa shape index (κ2) is 5.32. The van der Waals surface area contributed by atoms with Crippen molar-refractivity contribution < 1.29 is 4.79 Å². The number of nitrogens with one attached hydrogen (secondary N) is 2. The van der Waals surface area contributed by atoms with Crippen molar-refractivity contribution >= 4 is 11.6 Å². The summed E-state index contributed by atoms with van der Waals surface area (Å²) in [4.78, 5) is 12.4. The Morgan fingerprint density at radius 3 is 2.76 bits per heavy atom. The quantitative estimate of drug-likeness (QED) is 0.840. The van der Waals surface area contributed by atoms with Crippen molar-refractivity contribution in [1.82, 2.24) is 5.32 Å². The number of rotatable bonds is 3. The molecule has 3 heteroatoms. The molecule has 0 aliphatic carbocycles. The molecule has 1 atom stereocenters. The molecule has 3 nitrogen and oxygen atoms in total. The van der Waals surface area contributed by atoms with Gasteiger partial charge in [0.15, 0.2) is 0 Å². The van der Waals surface area contributed by atoms with Crippen molar-refractivity contribution in [2.24, 2.45) is 5.41 Å². The molecule has 1 fully saturated rings. The SMILES string of the molecule is CCC1(C(=O)Nc2ccccc2)CCCNC1. The summed E-state index contributed by atoms with van der Waals surface area (Å²) in [6, 6.07) is 9.68. The van der Waals surface area contributed by atoms with Gasteiger partial charge in [-0.1, -0.05) is 25.1 Å². The Morgan fingerprint density at radius 2 is 2.18 bits per heavy atom. The molecule has 92 valence electrons. The summed E-state index contributed by atoms with van der Waals surface area (Å²) in [6.45, 7) is 3.92. The minimum atomic E-state index is -0.228. The fraction of sp³-hybridized carbons (Fsp3) is 0.500. The predicted molar refractivity (Wildman–Crippen MR) is 69.9 cm³/mol. The van der Waals surface area contributed by atoms with Gasteiger partial charge in [0.2, 0.25) is 5.91 Å². The first kappa shape index (κ1) is 12.1. The predicted octanol–water partition coefficient (Wildman–Crippen LogP) is 2.40. The molecule has 1 aliphatic heterocycles. The zero-order chi connectivity index (χ0) is 12.1. The van der Waals surface area contributed by atoms with E-state index in [0.29, 0.717) is 0 Å². The van der Waals surface area contributed by atoms with Crippen LogP contribution < -0.4 is 10.6 Å². The van der Waals surface area contributed by atoms with Gasteiger partial charge in [-0.15, -0.1) is 0 Å². The Balaban J connectivity index is 2.07. The van der Waals surface area contributed by atoms with Crippen LogP contribution in [0.25, 0.3) is 0 Å². The first-order chi connectivity index (χ1) is 8.27. The fourth-order valence-electron chi connectivity index (χ4n) is 2.41. The topological polar surface area (TPSA) is 41.1 Å². The van der Waals surface area contributed by atoms with E-state index in [0.717, 1.165) is 38.0 Å². The molecule has 2 N–H and O–H groups in total. The second-order valence-corrected chi connectivity index (χ2v) is 4.73. The van der Waals surface area contributed by atoms with E-state index in [9.17, 15) is 4.79 Å². The van der Waals surface area contributed by atoms with E-state index in [2.05, 4.69) is 17.6 Å². The van der Waals surface area contributed by atoms with E-state index in [1.54, 1.807) is 0 Å². The molecule has 1 aromatic rings. The van der Waals surface area contributed by atoms with Crippen molar-refractivity contribution in [2.75, 3.05) is 18.4 Å². The molecule has 1 heterocycles. The van der Waals surface area contributed by atoms with E-state index in [1.807, 2.05) is 30.3 Å². The third-order valence-corrected chi connectivity index (χ3v) is 3.66. The number of carbonyl (C=O) groups excluding carboxylic acids is 1. The van der Waals surface area contributed by atoms with Crippen LogP contribution in [0.1, 0.15) is 26.2 Å². The molecule has 1 aromatic carbocycles. The van der Waals surface area contributed by atoms with E-state index in [1.165, 1.54) is 0 Å². The Kier molecular flexibility index (Phi) is 3.79. The molecule has 17 heavy (non-hydrogen) atoms. The van der Waals surface area contributed by atoms with Gasteiger partial charge in [-0.3, -0.25) is 4.79 Å². The minimum absolute atomic E-state index is 0.151. The van der Waals surface area contributed by atoms with Gasteiger partial charge in [0, 0.05) is 12.2 Å². The van der Waals surface area contributed by atoms with Gasteiger partial charge in [0.05, 0.1) is 5.41 Å². The molecular formula is C14H20N2O. The van der Waals surface area contributed by atoms with Crippen molar-refractivity contribution in [1.29, 1.82) is 0 Å². The molecule has 0 saturated carbocycles. The summed E-state index contributed by atoms with van der Waals surface area (Å²) in [5.41, 5.74) is 0.657. The number of anilines is 1. The van der Waals surface area contributed by atoms with Crippen LogP contribution in [0.15, 0.2) is 30.3 Å². The van der Waals surface area contributed by atoms with E-state index in [4.69, 9.17) is 0 Å². The van der Waals surface area contributed by atoms with Crippen LogP contribution in [0.2, 0.25) is 0 Å². The first-order valence-electron chi connectivity index (χ1n) is 6.34. The lowest BCUT2D eigenvalue weighted by molar-refractivity contribution is -0.126. The lowest BCUT2D eigenvalue weighted by Crippen LogP contribution is -2.47. The van der Waals surface area contributed by atoms with E-state index >= 15 is 0 Å². The highest BCUT2D eigenvalue weighted by Crippen LogP contribution is 2.31. The van der Waals surface area contributed by atoms with Crippen LogP contribution in [0.5, 0.6) is 0 Å². The van der Waals surface area contributed by atoms with E-state index in [-0.39, 0.29) is 11.3 Å². The Hall–Kier alpha value is -1.35. The zero-order valence-corrected chi connectivity index (χ0v) is 10.3. The molecule has 0 radical (unpaired) electrons. The summed E-state index contributed by atoms with van der Waals surface area (Å²) in [7, 11) is 0. The van der Waals surface area contributed by atoms with Gasteiger partial charge >= 0.3 is 0 Å². The standard InChI is InChI=1S/C14H20N2O/c1-2-14(9-6-10-15-11-14)13(17)16-12-7-4-3-5-8-12/h3-5,7-8,15H,2,6,9-11H2,1H3,(H,16,17). The monoisotopic (exact) mass is 232 g/mol. The summed E-state index contributed by atoms with van der Waals surface area (Å²) < 4.78 is 0. The maximum absolute atomic E-state index is 12.4. The molecule has 0 aromatic heterocycles. The van der Waals surface area contributed by atoms with Crippen molar-refractivity contribution in [3.63, 3.8) is 0 Å². The molecule has 2 rings (SSSR count). The van der Waals surface area contributed by atoms with Gasteiger partial charge in [-0.05, 0) is 37.9 Å². The fourth-order valence-corrected chi connectivity index (χ4v) is 2.41. The lowest BCUT2D eigenvalue weighted by atomic mass is 9.77. The van der Waals surface area contributed by atoms with Crippen LogP contribution in [-0.4, -0.2) is 19.0 Å². The third kappa shape index (κ3) is 2.67.